The molecule has 22 heavy (non-hydrogen) atoms. The number of hydrogen-bond donors (Lipinski definition) is 1. The van der Waals surface area contributed by atoms with Crippen LogP contribution in [0.2, 0.25) is 0 Å². The number of thioether (sulfide) groups is 1. The molecule has 1 N–H and O–H groups in total. The van der Waals surface area contributed by atoms with Crippen molar-refractivity contribution in [1.82, 2.24) is 5.32 Å². The maximum Gasteiger partial charge on any atom is 0.226 e. The number of carbonyl (C=O) groups excluding carboxylic acids is 1. The van der Waals surface area contributed by atoms with Crippen molar-refractivity contribution >= 4 is 17.7 Å². The highest BCUT2D eigenvalue weighted by atomic mass is 32.2. The molecular weight excluding hydrogens is 298 g/mol. The van der Waals surface area contributed by atoms with Crippen molar-refractivity contribution < 1.29 is 14.3 Å². The standard InChI is InChI=1S/C17H31NO3S/c1-7-20-16(21-8-2)11-18-17(19)15(5)10-13(3)9-14(4)12-22-6/h9-10,15-16H,7-8,11-12H2,1-6H3,(H,18,19)/b13-10-,14-9-. The highest BCUT2D eigenvalue weighted by Crippen LogP contribution is 2.10. The van der Waals surface area contributed by atoms with Gasteiger partial charge in [0.25, 0.3) is 0 Å². The van der Waals surface area contributed by atoms with Crippen LogP contribution in [0.4, 0.5) is 0 Å². The zero-order valence-electron chi connectivity index (χ0n) is 14.8. The number of rotatable bonds is 11. The summed E-state index contributed by atoms with van der Waals surface area (Å²) in [6.45, 7) is 11.3. The first-order chi connectivity index (χ1) is 10.4. The molecule has 0 aliphatic carbocycles. The number of allylic oxidation sites excluding steroid dienone is 2. The van der Waals surface area contributed by atoms with Gasteiger partial charge in [-0.05, 0) is 34.0 Å². The maximum atomic E-state index is 12.1. The molecule has 0 fully saturated rings. The third-order valence-corrected chi connectivity index (χ3v) is 3.66. The van der Waals surface area contributed by atoms with E-state index < -0.39 is 0 Å². The van der Waals surface area contributed by atoms with Crippen molar-refractivity contribution in [2.75, 3.05) is 31.8 Å². The molecule has 0 heterocycles. The molecule has 1 unspecified atom stereocenters. The first kappa shape index (κ1) is 21.2. The summed E-state index contributed by atoms with van der Waals surface area (Å²) in [5.74, 6) is 0.817. The quantitative estimate of drug-likeness (QED) is 0.466. The first-order valence-corrected chi connectivity index (χ1v) is 9.19. The Morgan fingerprint density at radius 1 is 1.23 bits per heavy atom. The van der Waals surface area contributed by atoms with Crippen molar-refractivity contribution in [3.05, 3.63) is 23.3 Å². The summed E-state index contributed by atoms with van der Waals surface area (Å²) in [7, 11) is 0. The molecule has 0 saturated heterocycles. The normalized spacial score (nSPS) is 14.3. The van der Waals surface area contributed by atoms with Crippen LogP contribution in [0, 0.1) is 5.92 Å². The zero-order valence-corrected chi connectivity index (χ0v) is 15.6. The Balaban J connectivity index is 4.43. The summed E-state index contributed by atoms with van der Waals surface area (Å²) in [4.78, 5) is 12.1. The van der Waals surface area contributed by atoms with Gasteiger partial charge in [0.2, 0.25) is 5.91 Å². The molecule has 128 valence electrons. The molecule has 0 aliphatic heterocycles. The van der Waals surface area contributed by atoms with Gasteiger partial charge in [-0.25, -0.2) is 0 Å². The van der Waals surface area contributed by atoms with Gasteiger partial charge in [-0.1, -0.05) is 30.2 Å². The molecule has 1 amide bonds. The van der Waals surface area contributed by atoms with E-state index in [1.165, 1.54) is 5.57 Å². The van der Waals surface area contributed by atoms with Crippen molar-refractivity contribution in [3.63, 3.8) is 0 Å². The molecule has 0 aliphatic rings. The van der Waals surface area contributed by atoms with Crippen LogP contribution in [0.3, 0.4) is 0 Å². The lowest BCUT2D eigenvalue weighted by molar-refractivity contribution is -0.141. The lowest BCUT2D eigenvalue weighted by Gasteiger charge is -2.18. The van der Waals surface area contributed by atoms with Gasteiger partial charge >= 0.3 is 0 Å². The molecule has 4 nitrogen and oxygen atoms in total. The van der Waals surface area contributed by atoms with Gasteiger partial charge in [-0.2, -0.15) is 11.8 Å². The van der Waals surface area contributed by atoms with Crippen molar-refractivity contribution in [2.24, 2.45) is 5.92 Å². The third-order valence-electron chi connectivity index (χ3n) is 2.92. The molecule has 0 bridgehead atoms. The Kier molecular flexibility index (Phi) is 12.3. The Labute approximate surface area is 139 Å². The van der Waals surface area contributed by atoms with Crippen LogP contribution in [0.15, 0.2) is 23.3 Å². The monoisotopic (exact) mass is 329 g/mol. The van der Waals surface area contributed by atoms with E-state index in [9.17, 15) is 4.79 Å². The lowest BCUT2D eigenvalue weighted by atomic mass is 10.1. The van der Waals surface area contributed by atoms with Gasteiger partial charge in [0.05, 0.1) is 12.5 Å². The van der Waals surface area contributed by atoms with E-state index in [1.807, 2.05) is 33.8 Å². The molecule has 0 spiro atoms. The molecule has 0 rings (SSSR count). The molecule has 0 radical (unpaired) electrons. The number of hydrogen-bond acceptors (Lipinski definition) is 4. The zero-order chi connectivity index (χ0) is 17.0. The number of amides is 1. The fraction of sp³-hybridized carbons (Fsp3) is 0.706. The average molecular weight is 330 g/mol. The van der Waals surface area contributed by atoms with E-state index in [0.29, 0.717) is 19.8 Å². The lowest BCUT2D eigenvalue weighted by Crippen LogP contribution is -2.37. The third kappa shape index (κ3) is 10.0. The van der Waals surface area contributed by atoms with E-state index >= 15 is 0 Å². The van der Waals surface area contributed by atoms with Crippen molar-refractivity contribution in [1.29, 1.82) is 0 Å². The van der Waals surface area contributed by atoms with Gasteiger partial charge in [-0.15, -0.1) is 0 Å². The first-order valence-electron chi connectivity index (χ1n) is 7.79. The van der Waals surface area contributed by atoms with Crippen molar-refractivity contribution in [3.8, 4) is 0 Å². The number of carbonyl (C=O) groups is 1. The summed E-state index contributed by atoms with van der Waals surface area (Å²) in [5, 5.41) is 2.88. The number of ether oxygens (including phenoxy) is 2. The van der Waals surface area contributed by atoms with Gasteiger partial charge in [0.15, 0.2) is 6.29 Å². The van der Waals surface area contributed by atoms with E-state index in [4.69, 9.17) is 9.47 Å². The molecule has 5 heteroatoms. The second kappa shape index (κ2) is 12.7. The average Bonchev–Trinajstić information content (AvgIpc) is 2.44. The second-order valence-electron chi connectivity index (χ2n) is 5.21. The van der Waals surface area contributed by atoms with Crippen LogP contribution >= 0.6 is 11.8 Å². The molecule has 0 aromatic rings. The Bertz CT molecular complexity index is 374. The van der Waals surface area contributed by atoms with Crippen LogP contribution in [0.1, 0.15) is 34.6 Å². The van der Waals surface area contributed by atoms with Crippen LogP contribution in [-0.4, -0.2) is 44.0 Å². The molecule has 0 aromatic carbocycles. The van der Waals surface area contributed by atoms with Crippen LogP contribution in [-0.2, 0) is 14.3 Å². The van der Waals surface area contributed by atoms with E-state index in [2.05, 4.69) is 24.6 Å². The fourth-order valence-corrected chi connectivity index (χ4v) is 2.60. The van der Waals surface area contributed by atoms with Gasteiger partial charge < -0.3 is 14.8 Å². The van der Waals surface area contributed by atoms with Crippen LogP contribution in [0.5, 0.6) is 0 Å². The smallest absolute Gasteiger partial charge is 0.226 e. The maximum absolute atomic E-state index is 12.1. The summed E-state index contributed by atoms with van der Waals surface area (Å²) < 4.78 is 10.8. The van der Waals surface area contributed by atoms with Gasteiger partial charge in [0.1, 0.15) is 0 Å². The minimum absolute atomic E-state index is 0.0142. The largest absolute Gasteiger partial charge is 0.351 e. The van der Waals surface area contributed by atoms with Crippen LogP contribution in [0.25, 0.3) is 0 Å². The summed E-state index contributed by atoms with van der Waals surface area (Å²) in [6, 6.07) is 0. The topological polar surface area (TPSA) is 47.6 Å². The Morgan fingerprint density at radius 3 is 2.32 bits per heavy atom. The van der Waals surface area contributed by atoms with Gasteiger partial charge in [0, 0.05) is 19.0 Å². The predicted octanol–water partition coefficient (Wildman–Crippen LogP) is 3.39. The minimum atomic E-state index is -0.375. The fourth-order valence-electron chi connectivity index (χ4n) is 2.06. The van der Waals surface area contributed by atoms with Crippen LogP contribution < -0.4 is 5.32 Å². The number of nitrogens with one attached hydrogen (secondary N) is 1. The van der Waals surface area contributed by atoms with E-state index in [0.717, 1.165) is 11.3 Å². The van der Waals surface area contributed by atoms with E-state index in [-0.39, 0.29) is 18.1 Å². The second-order valence-corrected chi connectivity index (χ2v) is 6.07. The SMILES string of the molecule is CCOC(CNC(=O)C(C)/C=C(C)\C=C(\C)CSC)OCC. The molecular formula is C17H31NO3S. The minimum Gasteiger partial charge on any atom is -0.351 e. The summed E-state index contributed by atoms with van der Waals surface area (Å²) in [5.41, 5.74) is 2.42. The summed E-state index contributed by atoms with van der Waals surface area (Å²) in [6.07, 6.45) is 5.82. The predicted molar refractivity (Wildman–Crippen MR) is 95.1 cm³/mol. The van der Waals surface area contributed by atoms with E-state index in [1.54, 1.807) is 11.8 Å². The Hall–Kier alpha value is -0.780. The van der Waals surface area contributed by atoms with Gasteiger partial charge in [-0.3, -0.25) is 4.79 Å². The molecule has 0 saturated carbocycles. The molecule has 0 aromatic heterocycles. The highest BCUT2D eigenvalue weighted by Gasteiger charge is 2.13. The van der Waals surface area contributed by atoms with Crippen molar-refractivity contribution in [2.45, 2.75) is 40.9 Å². The summed E-state index contributed by atoms with van der Waals surface area (Å²) >= 11 is 1.79. The Morgan fingerprint density at radius 2 is 1.82 bits per heavy atom. The molecule has 1 atom stereocenters. The highest BCUT2D eigenvalue weighted by molar-refractivity contribution is 7.98.